The van der Waals surface area contributed by atoms with Gasteiger partial charge >= 0.3 is 0 Å². The van der Waals surface area contributed by atoms with Crippen LogP contribution in [0.4, 0.5) is 17.1 Å². The fourth-order valence-corrected chi connectivity index (χ4v) is 10.9. The summed E-state index contributed by atoms with van der Waals surface area (Å²) < 4.78 is 0. The zero-order chi connectivity index (χ0) is 38.1. The van der Waals surface area contributed by atoms with Gasteiger partial charge in [-0.15, -0.1) is 0 Å². The molecule has 0 amide bonds. The van der Waals surface area contributed by atoms with Gasteiger partial charge in [-0.25, -0.2) is 0 Å². The Labute approximate surface area is 336 Å². The average Bonchev–Trinajstić information content (AvgIpc) is 3.94. The van der Waals surface area contributed by atoms with Crippen LogP contribution in [0.3, 0.4) is 0 Å². The second-order valence-electron chi connectivity index (χ2n) is 16.8. The fraction of sp³-hybridized carbons (Fsp3) is 0.143. The summed E-state index contributed by atoms with van der Waals surface area (Å²) in [5, 5.41) is 0. The minimum Gasteiger partial charge on any atom is -0.310 e. The lowest BCUT2D eigenvalue weighted by molar-refractivity contribution is 0.550. The highest BCUT2D eigenvalue weighted by Crippen LogP contribution is 2.58. The fourth-order valence-electron chi connectivity index (χ4n) is 10.9. The van der Waals surface area contributed by atoms with Crippen molar-refractivity contribution in [3.8, 4) is 55.6 Å². The summed E-state index contributed by atoms with van der Waals surface area (Å²) in [6, 6.07) is 70.3. The zero-order valence-corrected chi connectivity index (χ0v) is 32.7. The lowest BCUT2D eigenvalue weighted by Crippen LogP contribution is -2.21. The lowest BCUT2D eigenvalue weighted by Gasteiger charge is -2.31. The molecule has 0 radical (unpaired) electrons. The molecule has 1 nitrogen and oxygen atoms in total. The monoisotopic (exact) mass is 731 g/mol. The van der Waals surface area contributed by atoms with Gasteiger partial charge in [0, 0.05) is 27.8 Å². The summed E-state index contributed by atoms with van der Waals surface area (Å²) in [6.45, 7) is 4.76. The average molecular weight is 732 g/mol. The Morgan fingerprint density at radius 1 is 0.368 bits per heavy atom. The molecular formula is C56H45N. The molecule has 3 aliphatic carbocycles. The van der Waals surface area contributed by atoms with Crippen molar-refractivity contribution in [2.75, 3.05) is 4.90 Å². The van der Waals surface area contributed by atoms with Gasteiger partial charge in [-0.05, 0) is 115 Å². The lowest BCUT2D eigenvalue weighted by atomic mass is 9.76. The Kier molecular flexibility index (Phi) is 7.76. The summed E-state index contributed by atoms with van der Waals surface area (Å²) in [5.41, 5.74) is 22.3. The maximum Gasteiger partial charge on any atom is 0.0540 e. The van der Waals surface area contributed by atoms with Gasteiger partial charge in [-0.3, -0.25) is 0 Å². The third-order valence-corrected chi connectivity index (χ3v) is 13.4. The number of fused-ring (bicyclic) bond motifs is 8. The number of benzene rings is 8. The van der Waals surface area contributed by atoms with Crippen molar-refractivity contribution in [3.05, 3.63) is 210 Å². The number of hydrogen-bond acceptors (Lipinski definition) is 1. The van der Waals surface area contributed by atoms with Crippen molar-refractivity contribution in [2.24, 2.45) is 0 Å². The van der Waals surface area contributed by atoms with Gasteiger partial charge in [0.05, 0.1) is 5.69 Å². The van der Waals surface area contributed by atoms with Crippen LogP contribution in [-0.4, -0.2) is 0 Å². The van der Waals surface area contributed by atoms with Crippen molar-refractivity contribution in [1.82, 2.24) is 0 Å². The van der Waals surface area contributed by atoms with Gasteiger partial charge in [0.15, 0.2) is 0 Å². The molecule has 1 fully saturated rings. The van der Waals surface area contributed by atoms with Crippen LogP contribution in [0.1, 0.15) is 61.8 Å². The second kappa shape index (κ2) is 13.1. The molecule has 1 heteroatoms. The quantitative estimate of drug-likeness (QED) is 0.165. The van der Waals surface area contributed by atoms with Gasteiger partial charge in [0.2, 0.25) is 0 Å². The van der Waals surface area contributed by atoms with Crippen LogP contribution in [0.15, 0.2) is 188 Å². The molecule has 274 valence electrons. The third-order valence-electron chi connectivity index (χ3n) is 13.4. The van der Waals surface area contributed by atoms with Crippen LogP contribution in [0.2, 0.25) is 0 Å². The van der Waals surface area contributed by atoms with Crippen LogP contribution < -0.4 is 4.90 Å². The highest BCUT2D eigenvalue weighted by molar-refractivity contribution is 5.94. The van der Waals surface area contributed by atoms with E-state index in [0.29, 0.717) is 0 Å². The molecule has 8 aromatic carbocycles. The Balaban J connectivity index is 1.05. The van der Waals surface area contributed by atoms with Crippen LogP contribution >= 0.6 is 0 Å². The summed E-state index contributed by atoms with van der Waals surface area (Å²) >= 11 is 0. The molecule has 1 saturated carbocycles. The van der Waals surface area contributed by atoms with Crippen LogP contribution in [0.5, 0.6) is 0 Å². The van der Waals surface area contributed by atoms with E-state index in [2.05, 4.69) is 207 Å². The molecule has 0 atom stereocenters. The molecule has 3 aliphatic rings. The van der Waals surface area contributed by atoms with Gasteiger partial charge < -0.3 is 4.90 Å². The first-order chi connectivity index (χ1) is 28.0. The molecule has 8 aromatic rings. The van der Waals surface area contributed by atoms with Crippen molar-refractivity contribution in [2.45, 2.75) is 50.4 Å². The van der Waals surface area contributed by atoms with Gasteiger partial charge in [-0.2, -0.15) is 0 Å². The minimum atomic E-state index is -0.0968. The number of para-hydroxylation sites is 1. The second-order valence-corrected chi connectivity index (χ2v) is 16.8. The van der Waals surface area contributed by atoms with E-state index in [1.807, 2.05) is 0 Å². The normalized spacial score (nSPS) is 15.2. The Hall–Kier alpha value is -6.44. The molecule has 0 heterocycles. The molecule has 0 aliphatic heterocycles. The van der Waals surface area contributed by atoms with Crippen molar-refractivity contribution >= 4 is 17.1 Å². The highest BCUT2D eigenvalue weighted by atomic mass is 15.1. The Morgan fingerprint density at radius 3 is 1.61 bits per heavy atom. The van der Waals surface area contributed by atoms with E-state index in [-0.39, 0.29) is 10.8 Å². The maximum absolute atomic E-state index is 2.53. The van der Waals surface area contributed by atoms with Gasteiger partial charge in [-0.1, -0.05) is 184 Å². The topological polar surface area (TPSA) is 3.24 Å². The molecule has 0 unspecified atom stereocenters. The minimum absolute atomic E-state index is 0.0909. The highest BCUT2D eigenvalue weighted by Gasteiger charge is 2.45. The van der Waals surface area contributed by atoms with E-state index in [9.17, 15) is 0 Å². The van der Waals surface area contributed by atoms with Gasteiger partial charge in [0.25, 0.3) is 0 Å². The van der Waals surface area contributed by atoms with Crippen molar-refractivity contribution in [1.29, 1.82) is 0 Å². The van der Waals surface area contributed by atoms with E-state index < -0.39 is 0 Å². The molecule has 0 saturated heterocycles. The number of nitrogens with zero attached hydrogens (tertiary/aromatic N) is 1. The largest absolute Gasteiger partial charge is 0.310 e. The third kappa shape index (κ3) is 5.15. The molecule has 0 bridgehead atoms. The van der Waals surface area contributed by atoms with E-state index >= 15 is 0 Å². The first-order valence-corrected chi connectivity index (χ1v) is 20.7. The molecular weight excluding hydrogens is 687 g/mol. The van der Waals surface area contributed by atoms with E-state index in [1.165, 1.54) is 115 Å². The standard InChI is InChI=1S/C56H45N/c1-55(2)50-26-11-8-23-46(50)49-25-16-24-48(54(49)55)44-21-7-6-19-42(44)39-29-31-40(32-30-39)57(53-28-13-10-20-43(53)38-17-4-3-5-18-38)41-33-34-47-45-22-9-12-27-51(45)56(52(47)37-41)35-14-15-36-56/h3-13,16-34,37H,14-15,35-36H2,1-2H3. The molecule has 1 spiro atoms. The number of rotatable bonds is 6. The predicted molar refractivity (Wildman–Crippen MR) is 240 cm³/mol. The molecule has 0 aromatic heterocycles. The van der Waals surface area contributed by atoms with E-state index in [4.69, 9.17) is 0 Å². The van der Waals surface area contributed by atoms with E-state index in [1.54, 1.807) is 0 Å². The number of anilines is 3. The number of hydrogen-bond donors (Lipinski definition) is 0. The van der Waals surface area contributed by atoms with E-state index in [0.717, 1.165) is 5.69 Å². The van der Waals surface area contributed by atoms with Crippen LogP contribution in [0.25, 0.3) is 55.6 Å². The molecule has 11 rings (SSSR count). The van der Waals surface area contributed by atoms with Crippen LogP contribution in [-0.2, 0) is 10.8 Å². The Bertz CT molecular complexity index is 2820. The zero-order valence-electron chi connectivity index (χ0n) is 32.7. The Morgan fingerprint density at radius 2 is 0.877 bits per heavy atom. The maximum atomic E-state index is 2.53. The smallest absolute Gasteiger partial charge is 0.0540 e. The first kappa shape index (κ1) is 33.9. The van der Waals surface area contributed by atoms with Crippen molar-refractivity contribution < 1.29 is 0 Å². The van der Waals surface area contributed by atoms with Gasteiger partial charge in [0.1, 0.15) is 0 Å². The molecule has 57 heavy (non-hydrogen) atoms. The molecule has 0 N–H and O–H groups in total. The van der Waals surface area contributed by atoms with Crippen molar-refractivity contribution in [3.63, 3.8) is 0 Å². The summed E-state index contributed by atoms with van der Waals surface area (Å²) in [6.07, 6.45) is 4.97. The summed E-state index contributed by atoms with van der Waals surface area (Å²) in [7, 11) is 0. The predicted octanol–water partition coefficient (Wildman–Crippen LogP) is 15.3. The SMILES string of the molecule is CC1(C)c2ccccc2-c2cccc(-c3ccccc3-c3ccc(N(c4ccc5c(c4)C4(CCCC4)c4ccccc4-5)c4ccccc4-c4ccccc4)cc3)c21. The first-order valence-electron chi connectivity index (χ1n) is 20.7. The van der Waals surface area contributed by atoms with Crippen LogP contribution in [0, 0.1) is 0 Å². The summed E-state index contributed by atoms with van der Waals surface area (Å²) in [5.74, 6) is 0. The summed E-state index contributed by atoms with van der Waals surface area (Å²) in [4.78, 5) is 2.49.